The molecule has 0 radical (unpaired) electrons. The highest BCUT2D eigenvalue weighted by atomic mass is 31.1. The standard InChI is InChI=1S/C34H47OP/c1-3-5-7-9-11-13-15-29-17-23-32(24-18-29)36(34-27-21-31(35)22-28-34)33-25-19-30(20-26-33)16-14-12-10-8-6-4-2/h17-28,35H,3-16H2,1-2H3. The highest BCUT2D eigenvalue weighted by Crippen LogP contribution is 2.33. The van der Waals surface area contributed by atoms with Crippen LogP contribution in [0.3, 0.4) is 0 Å². The first kappa shape index (κ1) is 28.5. The van der Waals surface area contributed by atoms with Crippen molar-refractivity contribution in [3.05, 3.63) is 83.9 Å². The molecule has 0 unspecified atom stereocenters. The number of hydrogen-bond donors (Lipinski definition) is 1. The summed E-state index contributed by atoms with van der Waals surface area (Å²) in [5.41, 5.74) is 2.90. The third-order valence-corrected chi connectivity index (χ3v) is 9.58. The summed E-state index contributed by atoms with van der Waals surface area (Å²) in [5, 5.41) is 13.9. The molecule has 3 aromatic carbocycles. The molecule has 0 amide bonds. The van der Waals surface area contributed by atoms with Gasteiger partial charge in [-0.05, 0) is 72.8 Å². The second kappa shape index (κ2) is 16.6. The molecule has 0 bridgehead atoms. The topological polar surface area (TPSA) is 20.2 Å². The van der Waals surface area contributed by atoms with Crippen LogP contribution in [0.1, 0.15) is 102 Å². The van der Waals surface area contributed by atoms with Gasteiger partial charge in [0.1, 0.15) is 5.75 Å². The van der Waals surface area contributed by atoms with Crippen LogP contribution in [0.15, 0.2) is 72.8 Å². The normalized spacial score (nSPS) is 11.3. The largest absolute Gasteiger partial charge is 0.508 e. The van der Waals surface area contributed by atoms with Gasteiger partial charge in [0.05, 0.1) is 0 Å². The van der Waals surface area contributed by atoms with Crippen LogP contribution in [0.4, 0.5) is 0 Å². The summed E-state index contributed by atoms with van der Waals surface area (Å²) in [6.07, 6.45) is 18.5. The lowest BCUT2D eigenvalue weighted by atomic mass is 10.1. The van der Waals surface area contributed by atoms with Crippen molar-refractivity contribution >= 4 is 23.8 Å². The first-order valence-electron chi connectivity index (χ1n) is 14.5. The number of aromatic hydroxyl groups is 1. The van der Waals surface area contributed by atoms with Gasteiger partial charge in [0.2, 0.25) is 0 Å². The van der Waals surface area contributed by atoms with Crippen molar-refractivity contribution in [2.24, 2.45) is 0 Å². The van der Waals surface area contributed by atoms with Crippen molar-refractivity contribution in [3.8, 4) is 5.75 Å². The molecule has 3 rings (SSSR count). The van der Waals surface area contributed by atoms with Crippen LogP contribution in [-0.4, -0.2) is 5.11 Å². The Labute approximate surface area is 222 Å². The predicted octanol–water partition coefficient (Wildman–Crippen LogP) is 8.96. The SMILES string of the molecule is CCCCCCCCc1ccc(P(c2ccc(O)cc2)c2ccc(CCCCCCCC)cc2)cc1. The van der Waals surface area contributed by atoms with Gasteiger partial charge >= 0.3 is 0 Å². The minimum Gasteiger partial charge on any atom is -0.508 e. The van der Waals surface area contributed by atoms with E-state index in [1.165, 1.54) is 117 Å². The molecule has 0 fully saturated rings. The number of phenols is 1. The van der Waals surface area contributed by atoms with E-state index in [4.69, 9.17) is 0 Å². The second-order valence-electron chi connectivity index (χ2n) is 10.2. The summed E-state index contributed by atoms with van der Waals surface area (Å²) >= 11 is 0. The van der Waals surface area contributed by atoms with Gasteiger partial charge in [-0.15, -0.1) is 0 Å². The Kier molecular flexibility index (Phi) is 13.1. The fourth-order valence-corrected chi connectivity index (χ4v) is 7.13. The van der Waals surface area contributed by atoms with Gasteiger partial charge in [-0.1, -0.05) is 139 Å². The van der Waals surface area contributed by atoms with Crippen LogP contribution in [0.25, 0.3) is 0 Å². The molecule has 1 nitrogen and oxygen atoms in total. The lowest BCUT2D eigenvalue weighted by molar-refractivity contribution is 0.475. The lowest BCUT2D eigenvalue weighted by Crippen LogP contribution is -2.20. The summed E-state index contributed by atoms with van der Waals surface area (Å²) < 4.78 is 0. The van der Waals surface area contributed by atoms with Crippen LogP contribution in [-0.2, 0) is 12.8 Å². The van der Waals surface area contributed by atoms with Crippen molar-refractivity contribution in [1.82, 2.24) is 0 Å². The molecule has 0 aliphatic carbocycles. The first-order chi connectivity index (χ1) is 17.7. The zero-order valence-electron chi connectivity index (χ0n) is 22.7. The molecule has 0 spiro atoms. The minimum atomic E-state index is -0.640. The summed E-state index contributed by atoms with van der Waals surface area (Å²) in [4.78, 5) is 0. The van der Waals surface area contributed by atoms with Gasteiger partial charge in [-0.2, -0.15) is 0 Å². The average Bonchev–Trinajstić information content (AvgIpc) is 2.91. The number of rotatable bonds is 17. The Bertz CT molecular complexity index is 900. The fourth-order valence-electron chi connectivity index (χ4n) is 4.89. The van der Waals surface area contributed by atoms with Gasteiger partial charge in [0, 0.05) is 0 Å². The molecule has 2 heteroatoms. The Hall–Kier alpha value is -2.11. The Balaban J connectivity index is 1.65. The number of phenolic OH excluding ortho intramolecular Hbond substituents is 1. The summed E-state index contributed by atoms with van der Waals surface area (Å²) in [6, 6.07) is 26.6. The summed E-state index contributed by atoms with van der Waals surface area (Å²) in [5.74, 6) is 0.331. The Morgan fingerprint density at radius 2 is 0.778 bits per heavy atom. The summed E-state index contributed by atoms with van der Waals surface area (Å²) in [6.45, 7) is 4.55. The maximum atomic E-state index is 9.86. The van der Waals surface area contributed by atoms with E-state index in [1.54, 1.807) is 0 Å². The van der Waals surface area contributed by atoms with Gasteiger partial charge in [0.25, 0.3) is 0 Å². The van der Waals surface area contributed by atoms with Crippen molar-refractivity contribution in [2.45, 2.75) is 104 Å². The number of unbranched alkanes of at least 4 members (excludes halogenated alkanes) is 10. The van der Waals surface area contributed by atoms with E-state index in [-0.39, 0.29) is 0 Å². The molecule has 3 aromatic rings. The van der Waals surface area contributed by atoms with E-state index in [2.05, 4.69) is 74.5 Å². The number of aryl methyl sites for hydroxylation is 2. The monoisotopic (exact) mass is 502 g/mol. The smallest absolute Gasteiger partial charge is 0.115 e. The molecule has 0 aliphatic heterocycles. The van der Waals surface area contributed by atoms with E-state index >= 15 is 0 Å². The first-order valence-corrected chi connectivity index (χ1v) is 15.8. The third-order valence-electron chi connectivity index (χ3n) is 7.13. The quantitative estimate of drug-likeness (QED) is 0.144. The lowest BCUT2D eigenvalue weighted by Gasteiger charge is -2.20. The fraction of sp³-hybridized carbons (Fsp3) is 0.471. The highest BCUT2D eigenvalue weighted by Gasteiger charge is 2.17. The molecular formula is C34H47OP. The van der Waals surface area contributed by atoms with Gasteiger partial charge in [0.15, 0.2) is 0 Å². The highest BCUT2D eigenvalue weighted by molar-refractivity contribution is 7.79. The van der Waals surface area contributed by atoms with Gasteiger partial charge in [-0.25, -0.2) is 0 Å². The maximum Gasteiger partial charge on any atom is 0.115 e. The average molecular weight is 503 g/mol. The molecule has 0 aromatic heterocycles. The van der Waals surface area contributed by atoms with Crippen molar-refractivity contribution in [1.29, 1.82) is 0 Å². The Morgan fingerprint density at radius 3 is 1.17 bits per heavy atom. The van der Waals surface area contributed by atoms with Gasteiger partial charge < -0.3 is 5.11 Å². The van der Waals surface area contributed by atoms with Crippen molar-refractivity contribution in [3.63, 3.8) is 0 Å². The van der Waals surface area contributed by atoms with Crippen LogP contribution in [0, 0.1) is 0 Å². The number of hydrogen-bond acceptors (Lipinski definition) is 1. The van der Waals surface area contributed by atoms with E-state index in [9.17, 15) is 5.11 Å². The summed E-state index contributed by atoms with van der Waals surface area (Å²) in [7, 11) is -0.640. The molecule has 194 valence electrons. The Morgan fingerprint density at radius 1 is 0.444 bits per heavy atom. The zero-order chi connectivity index (χ0) is 25.4. The van der Waals surface area contributed by atoms with Crippen LogP contribution >= 0.6 is 7.92 Å². The third kappa shape index (κ3) is 9.74. The van der Waals surface area contributed by atoms with Crippen LogP contribution in [0.5, 0.6) is 5.75 Å². The molecular weight excluding hydrogens is 455 g/mol. The van der Waals surface area contributed by atoms with E-state index in [1.807, 2.05) is 12.1 Å². The molecule has 0 aliphatic rings. The molecule has 0 saturated heterocycles. The maximum absolute atomic E-state index is 9.86. The van der Waals surface area contributed by atoms with E-state index in [0.29, 0.717) is 5.75 Å². The molecule has 0 heterocycles. The molecule has 0 atom stereocenters. The molecule has 36 heavy (non-hydrogen) atoms. The van der Waals surface area contributed by atoms with E-state index in [0.717, 1.165) is 0 Å². The molecule has 1 N–H and O–H groups in total. The predicted molar refractivity (Wildman–Crippen MR) is 161 cm³/mol. The zero-order valence-corrected chi connectivity index (χ0v) is 23.6. The number of benzene rings is 3. The molecule has 0 saturated carbocycles. The van der Waals surface area contributed by atoms with Crippen molar-refractivity contribution < 1.29 is 5.11 Å². The van der Waals surface area contributed by atoms with Gasteiger partial charge in [-0.3, -0.25) is 0 Å². The van der Waals surface area contributed by atoms with E-state index < -0.39 is 7.92 Å². The van der Waals surface area contributed by atoms with Crippen molar-refractivity contribution in [2.75, 3.05) is 0 Å². The second-order valence-corrected chi connectivity index (χ2v) is 12.4. The van der Waals surface area contributed by atoms with Crippen LogP contribution in [0.2, 0.25) is 0 Å². The minimum absolute atomic E-state index is 0.331. The van der Waals surface area contributed by atoms with Crippen LogP contribution < -0.4 is 15.9 Å².